The van der Waals surface area contributed by atoms with Gasteiger partial charge in [-0.25, -0.2) is 8.42 Å². The zero-order valence-corrected chi connectivity index (χ0v) is 14.6. The topological polar surface area (TPSA) is 74.8 Å². The number of likely N-dealkylation sites (tertiary alicyclic amines) is 1. The molecule has 2 atom stereocenters. The lowest BCUT2D eigenvalue weighted by Gasteiger charge is -2.33. The molecule has 6 nitrogen and oxygen atoms in total. The molecule has 132 valence electrons. The molecule has 0 aromatic heterocycles. The van der Waals surface area contributed by atoms with E-state index in [-0.39, 0.29) is 31.2 Å². The number of carbonyl (C=O) groups excluding carboxylic acids is 2. The summed E-state index contributed by atoms with van der Waals surface area (Å²) in [6.07, 6.45) is 6.35. The summed E-state index contributed by atoms with van der Waals surface area (Å²) in [5.74, 6) is 0.813. The summed E-state index contributed by atoms with van der Waals surface area (Å²) >= 11 is 0. The van der Waals surface area contributed by atoms with Gasteiger partial charge in [0.1, 0.15) is 6.04 Å². The molecule has 3 rings (SSSR count). The van der Waals surface area contributed by atoms with Crippen LogP contribution in [0.15, 0.2) is 30.3 Å². The Labute approximate surface area is 147 Å². The molecule has 0 bridgehead atoms. The minimum Gasteiger partial charge on any atom is -0.276 e. The lowest BCUT2D eigenvalue weighted by atomic mass is 9.93. The van der Waals surface area contributed by atoms with Crippen molar-refractivity contribution in [2.24, 2.45) is 5.92 Å². The molecule has 25 heavy (non-hydrogen) atoms. The van der Waals surface area contributed by atoms with Crippen molar-refractivity contribution in [2.75, 3.05) is 12.3 Å². The third kappa shape index (κ3) is 3.32. The van der Waals surface area contributed by atoms with Crippen molar-refractivity contribution in [3.05, 3.63) is 35.9 Å². The van der Waals surface area contributed by atoms with Crippen molar-refractivity contribution in [3.8, 4) is 12.3 Å². The lowest BCUT2D eigenvalue weighted by Crippen LogP contribution is -2.51. The first-order chi connectivity index (χ1) is 12.0. The van der Waals surface area contributed by atoms with E-state index in [9.17, 15) is 18.0 Å². The second-order valence-electron chi connectivity index (χ2n) is 6.32. The molecule has 2 aliphatic heterocycles. The van der Waals surface area contributed by atoms with E-state index in [0.29, 0.717) is 12.8 Å². The Bertz CT molecular complexity index is 813. The highest BCUT2D eigenvalue weighted by molar-refractivity contribution is 7.89. The summed E-state index contributed by atoms with van der Waals surface area (Å²) in [5.41, 5.74) is 0.838. The van der Waals surface area contributed by atoms with Crippen LogP contribution in [0, 0.1) is 18.3 Å². The smallest absolute Gasteiger partial charge is 0.248 e. The first-order valence-corrected chi connectivity index (χ1v) is 9.89. The van der Waals surface area contributed by atoms with E-state index in [1.54, 1.807) is 0 Å². The largest absolute Gasteiger partial charge is 0.276 e. The van der Waals surface area contributed by atoms with Gasteiger partial charge in [-0.1, -0.05) is 30.3 Å². The minimum atomic E-state index is -3.66. The van der Waals surface area contributed by atoms with E-state index in [1.165, 1.54) is 9.21 Å². The summed E-state index contributed by atoms with van der Waals surface area (Å²) in [7, 11) is -3.66. The normalized spacial score (nSPS) is 24.2. The van der Waals surface area contributed by atoms with Gasteiger partial charge in [0.2, 0.25) is 21.8 Å². The van der Waals surface area contributed by atoms with Gasteiger partial charge < -0.3 is 0 Å². The number of terminal acetylenes is 1. The first kappa shape index (κ1) is 17.6. The van der Waals surface area contributed by atoms with Gasteiger partial charge in [0.05, 0.1) is 18.2 Å². The number of carbonyl (C=O) groups is 2. The van der Waals surface area contributed by atoms with Gasteiger partial charge >= 0.3 is 0 Å². The predicted molar refractivity (Wildman–Crippen MR) is 92.5 cm³/mol. The van der Waals surface area contributed by atoms with E-state index < -0.39 is 27.9 Å². The number of amides is 2. The Morgan fingerprint density at radius 1 is 1.16 bits per heavy atom. The Hall–Kier alpha value is -2.17. The van der Waals surface area contributed by atoms with Crippen molar-refractivity contribution < 1.29 is 18.0 Å². The average Bonchev–Trinajstić information content (AvgIpc) is 2.86. The molecule has 2 fully saturated rings. The van der Waals surface area contributed by atoms with Crippen molar-refractivity contribution in [1.29, 1.82) is 0 Å². The van der Waals surface area contributed by atoms with E-state index >= 15 is 0 Å². The molecule has 2 amide bonds. The van der Waals surface area contributed by atoms with Crippen molar-refractivity contribution in [2.45, 2.75) is 31.8 Å². The summed E-state index contributed by atoms with van der Waals surface area (Å²) in [5, 5.41) is 0. The number of piperidine rings is 1. The highest BCUT2D eigenvalue weighted by Crippen LogP contribution is 2.35. The summed E-state index contributed by atoms with van der Waals surface area (Å²) < 4.78 is 26.3. The number of rotatable bonds is 5. The van der Waals surface area contributed by atoms with Crippen molar-refractivity contribution in [1.82, 2.24) is 9.21 Å². The third-order valence-corrected chi connectivity index (χ3v) is 6.58. The van der Waals surface area contributed by atoms with E-state index in [2.05, 4.69) is 5.92 Å². The highest BCUT2D eigenvalue weighted by Gasteiger charge is 2.54. The fourth-order valence-electron chi connectivity index (χ4n) is 3.53. The zero-order valence-electron chi connectivity index (χ0n) is 13.8. The number of benzene rings is 1. The molecule has 2 heterocycles. The maximum atomic E-state index is 12.8. The summed E-state index contributed by atoms with van der Waals surface area (Å²) in [6, 6.07) is 8.28. The van der Waals surface area contributed by atoms with Crippen LogP contribution in [0.5, 0.6) is 0 Å². The molecule has 0 N–H and O–H groups in total. The van der Waals surface area contributed by atoms with E-state index in [1.807, 2.05) is 30.3 Å². The molecular formula is C18H20N2O4S. The number of hydrogen-bond donors (Lipinski definition) is 0. The van der Waals surface area contributed by atoms with Crippen LogP contribution in [0.3, 0.4) is 0 Å². The molecule has 0 saturated carbocycles. The van der Waals surface area contributed by atoms with Gasteiger partial charge in [0, 0.05) is 13.0 Å². The molecule has 0 spiro atoms. The monoisotopic (exact) mass is 360 g/mol. The summed E-state index contributed by atoms with van der Waals surface area (Å²) in [4.78, 5) is 26.7. The van der Waals surface area contributed by atoms with E-state index in [0.717, 1.165) is 5.56 Å². The van der Waals surface area contributed by atoms with Crippen molar-refractivity contribution >= 4 is 21.8 Å². The van der Waals surface area contributed by atoms with Crippen LogP contribution in [-0.2, 0) is 26.2 Å². The van der Waals surface area contributed by atoms with Crippen LogP contribution in [0.1, 0.15) is 24.8 Å². The highest BCUT2D eigenvalue weighted by atomic mass is 32.2. The fraction of sp³-hybridized carbons (Fsp3) is 0.444. The molecular weight excluding hydrogens is 340 g/mol. The van der Waals surface area contributed by atoms with Crippen LogP contribution in [0.25, 0.3) is 0 Å². The maximum Gasteiger partial charge on any atom is 0.248 e. The molecule has 2 aliphatic rings. The van der Waals surface area contributed by atoms with Gasteiger partial charge in [-0.2, -0.15) is 4.31 Å². The summed E-state index contributed by atoms with van der Waals surface area (Å²) in [6.45, 7) is 0.427. The molecule has 1 aromatic carbocycles. The first-order valence-electron chi connectivity index (χ1n) is 8.28. The van der Waals surface area contributed by atoms with Crippen LogP contribution in [-0.4, -0.2) is 47.8 Å². The number of fused-ring (bicyclic) bond motifs is 1. The molecule has 0 aliphatic carbocycles. The number of nitrogens with zero attached hydrogens (tertiary/aromatic N) is 2. The second kappa shape index (κ2) is 6.98. The van der Waals surface area contributed by atoms with Gasteiger partial charge in [-0.05, 0) is 18.4 Å². The Kier molecular flexibility index (Phi) is 4.93. The minimum absolute atomic E-state index is 0.0894. The molecule has 7 heteroatoms. The standard InChI is InChI=1S/C18H20N2O4S/c1-2-3-12-25(23,24)20-11-7-10-15-16(20)18(22)19(17(15)21)13-14-8-5-4-6-9-14/h1,4-6,8-9,15-16H,3,7,10-13H2/t15-,16+/m1/s1. The van der Waals surface area contributed by atoms with E-state index in [4.69, 9.17) is 6.42 Å². The SMILES string of the molecule is C#CCCS(=O)(=O)N1CCC[C@H]2C(=O)N(Cc3ccccc3)C(=O)[C@H]21. The predicted octanol–water partition coefficient (Wildman–Crippen LogP) is 0.989. The fourth-order valence-corrected chi connectivity index (χ4v) is 5.13. The van der Waals surface area contributed by atoms with Crippen LogP contribution in [0.2, 0.25) is 0 Å². The Morgan fingerprint density at radius 3 is 2.56 bits per heavy atom. The van der Waals surface area contributed by atoms with Crippen LogP contribution >= 0.6 is 0 Å². The van der Waals surface area contributed by atoms with Gasteiger partial charge in [0.25, 0.3) is 0 Å². The Morgan fingerprint density at radius 2 is 1.88 bits per heavy atom. The molecule has 1 aromatic rings. The molecule has 2 saturated heterocycles. The lowest BCUT2D eigenvalue weighted by molar-refractivity contribution is -0.140. The molecule has 0 radical (unpaired) electrons. The molecule has 0 unspecified atom stereocenters. The van der Waals surface area contributed by atoms with Gasteiger partial charge in [-0.3, -0.25) is 14.5 Å². The zero-order chi connectivity index (χ0) is 18.0. The maximum absolute atomic E-state index is 12.8. The number of sulfonamides is 1. The quantitative estimate of drug-likeness (QED) is 0.580. The average molecular weight is 360 g/mol. The Balaban J connectivity index is 1.86. The van der Waals surface area contributed by atoms with Gasteiger partial charge in [0.15, 0.2) is 0 Å². The number of hydrogen-bond acceptors (Lipinski definition) is 4. The van der Waals surface area contributed by atoms with Crippen LogP contribution < -0.4 is 0 Å². The second-order valence-corrected chi connectivity index (χ2v) is 8.36. The van der Waals surface area contributed by atoms with Gasteiger partial charge in [-0.15, -0.1) is 12.3 Å². The van der Waals surface area contributed by atoms with Crippen molar-refractivity contribution in [3.63, 3.8) is 0 Å². The third-order valence-electron chi connectivity index (χ3n) is 4.73. The van der Waals surface area contributed by atoms with Crippen LogP contribution in [0.4, 0.5) is 0 Å². The number of imide groups is 1.